The van der Waals surface area contributed by atoms with Crippen molar-refractivity contribution in [3.63, 3.8) is 0 Å². The second-order valence-corrected chi connectivity index (χ2v) is 9.15. The number of nitrogens with zero attached hydrogens (tertiary/aromatic N) is 1. The molecule has 0 spiro atoms. The minimum absolute atomic E-state index is 0.0145. The van der Waals surface area contributed by atoms with Crippen LogP contribution in [0.3, 0.4) is 0 Å². The maximum Gasteiger partial charge on any atom is 0.303 e. The highest BCUT2D eigenvalue weighted by Crippen LogP contribution is 2.31. The molecule has 1 saturated heterocycles. The number of rotatable bonds is 11. The number of ketones is 1. The number of esters is 4. The molecule has 1 aromatic heterocycles. The summed E-state index contributed by atoms with van der Waals surface area (Å²) >= 11 is 0. The van der Waals surface area contributed by atoms with Crippen molar-refractivity contribution in [2.45, 2.75) is 64.6 Å². The summed E-state index contributed by atoms with van der Waals surface area (Å²) in [5.74, 6) is -3.42. The van der Waals surface area contributed by atoms with Gasteiger partial charge in [-0.2, -0.15) is 0 Å². The van der Waals surface area contributed by atoms with E-state index in [2.05, 4.69) is 4.98 Å². The molecule has 2 aromatic rings. The summed E-state index contributed by atoms with van der Waals surface area (Å²) in [6.07, 6.45) is -4.59. The monoisotopic (exact) mass is 573 g/mol. The second-order valence-electron chi connectivity index (χ2n) is 9.15. The number of aromatic hydroxyl groups is 1. The van der Waals surface area contributed by atoms with Gasteiger partial charge in [-0.1, -0.05) is 6.07 Å². The van der Waals surface area contributed by atoms with Crippen molar-refractivity contribution in [2.75, 3.05) is 13.2 Å². The van der Waals surface area contributed by atoms with E-state index in [0.717, 1.165) is 20.8 Å². The highest BCUT2D eigenvalue weighted by atomic mass is 16.7. The number of hydrogen-bond donors (Lipinski definition) is 1. The fourth-order valence-electron chi connectivity index (χ4n) is 4.23. The van der Waals surface area contributed by atoms with Crippen LogP contribution in [0.4, 0.5) is 0 Å². The molecular weight excluding hydrogens is 542 g/mol. The topological polar surface area (TPSA) is 174 Å². The first-order valence-corrected chi connectivity index (χ1v) is 12.6. The van der Waals surface area contributed by atoms with E-state index in [1.54, 1.807) is 24.4 Å². The van der Waals surface area contributed by atoms with Gasteiger partial charge in [0, 0.05) is 45.7 Å². The quantitative estimate of drug-likeness (QED) is 0.234. The Balaban J connectivity index is 1.83. The number of phenolic OH excluding ortho intramolecular Hbond substituents is 1. The van der Waals surface area contributed by atoms with Gasteiger partial charge in [-0.15, -0.1) is 0 Å². The predicted octanol–water partition coefficient (Wildman–Crippen LogP) is 1.72. The first-order chi connectivity index (χ1) is 19.4. The molecule has 1 aromatic carbocycles. The summed E-state index contributed by atoms with van der Waals surface area (Å²) in [6.45, 7) is 3.88. The fraction of sp³-hybridized carbons (Fsp3) is 0.429. The first-order valence-electron chi connectivity index (χ1n) is 12.6. The van der Waals surface area contributed by atoms with Crippen LogP contribution in [0.1, 0.15) is 43.7 Å². The fourth-order valence-corrected chi connectivity index (χ4v) is 4.23. The Bertz CT molecular complexity index is 1260. The second kappa shape index (κ2) is 14.2. The maximum absolute atomic E-state index is 12.7. The zero-order chi connectivity index (χ0) is 30.1. The van der Waals surface area contributed by atoms with Gasteiger partial charge in [-0.25, -0.2) is 0 Å². The Morgan fingerprint density at radius 1 is 0.805 bits per heavy atom. The van der Waals surface area contributed by atoms with Crippen molar-refractivity contribution in [3.05, 3.63) is 53.9 Å². The number of ether oxygens (including phenoxy) is 6. The summed E-state index contributed by atoms with van der Waals surface area (Å²) in [5.41, 5.74) is 0.608. The molecule has 0 radical (unpaired) electrons. The van der Waals surface area contributed by atoms with Gasteiger partial charge in [0.15, 0.2) is 24.1 Å². The van der Waals surface area contributed by atoms with Crippen LogP contribution in [0.15, 0.2) is 42.6 Å². The molecule has 41 heavy (non-hydrogen) atoms. The third kappa shape index (κ3) is 9.00. The molecule has 1 aliphatic heterocycles. The molecule has 1 N–H and O–H groups in total. The molecule has 13 nitrogen and oxygen atoms in total. The van der Waals surface area contributed by atoms with Crippen LogP contribution in [0.25, 0.3) is 0 Å². The molecule has 0 bridgehead atoms. The van der Waals surface area contributed by atoms with E-state index in [1.807, 2.05) is 0 Å². The van der Waals surface area contributed by atoms with Gasteiger partial charge >= 0.3 is 23.9 Å². The molecule has 5 atom stereocenters. The van der Waals surface area contributed by atoms with Gasteiger partial charge in [-0.05, 0) is 24.3 Å². The molecule has 1 aliphatic rings. The Morgan fingerprint density at radius 2 is 1.41 bits per heavy atom. The smallest absolute Gasteiger partial charge is 0.303 e. The van der Waals surface area contributed by atoms with Crippen LogP contribution in [0, 0.1) is 0 Å². The number of Topliss-reactive ketones (excluding diaryl/α,β-unsaturated/α-hetero) is 1. The van der Waals surface area contributed by atoms with Gasteiger partial charge in [-0.3, -0.25) is 29.0 Å². The van der Waals surface area contributed by atoms with E-state index in [0.29, 0.717) is 5.69 Å². The lowest BCUT2D eigenvalue weighted by Crippen LogP contribution is -2.63. The molecule has 0 saturated carbocycles. The third-order valence-corrected chi connectivity index (χ3v) is 5.84. The zero-order valence-electron chi connectivity index (χ0n) is 22.9. The molecule has 220 valence electrons. The van der Waals surface area contributed by atoms with E-state index >= 15 is 0 Å². The molecule has 1 fully saturated rings. The minimum atomic E-state index is -1.33. The number of pyridine rings is 1. The lowest BCUT2D eigenvalue weighted by atomic mass is 9.94. The lowest BCUT2D eigenvalue weighted by Gasteiger charge is -2.44. The standard InChI is InChI=1S/C28H31NO12/c1-15(30)36-13-24-26(38-16(2)31)28(40-18(4)33)27(39-17(3)32)25(41-24)14-37-20-8-9-21(23(35)12-20)22(34)11-19-7-5-6-10-29-19/h5-10,12,24-28,35H,11,13-14H2,1-4H3/t24-,25-,26+,27-,28-/m0/s1. The van der Waals surface area contributed by atoms with Crippen molar-refractivity contribution in [3.8, 4) is 11.5 Å². The molecule has 0 aliphatic carbocycles. The van der Waals surface area contributed by atoms with E-state index in [-0.39, 0.29) is 42.5 Å². The van der Waals surface area contributed by atoms with Crippen LogP contribution >= 0.6 is 0 Å². The van der Waals surface area contributed by atoms with Crippen LogP contribution in [-0.4, -0.2) is 83.5 Å². The normalized spacial score (nSPS) is 21.7. The predicted molar refractivity (Wildman–Crippen MR) is 138 cm³/mol. The molecule has 0 amide bonds. The van der Waals surface area contributed by atoms with Gasteiger partial charge in [0.2, 0.25) is 0 Å². The van der Waals surface area contributed by atoms with E-state index < -0.39 is 54.4 Å². The summed E-state index contributed by atoms with van der Waals surface area (Å²) in [6, 6.07) is 9.25. The Labute approximate surface area is 235 Å². The van der Waals surface area contributed by atoms with Crippen LogP contribution in [0.2, 0.25) is 0 Å². The number of carbonyl (C=O) groups excluding carboxylic acids is 5. The zero-order valence-corrected chi connectivity index (χ0v) is 22.9. The van der Waals surface area contributed by atoms with Crippen molar-refractivity contribution < 1.29 is 57.5 Å². The highest BCUT2D eigenvalue weighted by molar-refractivity contribution is 5.99. The van der Waals surface area contributed by atoms with Crippen LogP contribution in [-0.2, 0) is 49.3 Å². The molecule has 0 unspecified atom stereocenters. The number of hydrogen-bond acceptors (Lipinski definition) is 13. The van der Waals surface area contributed by atoms with Gasteiger partial charge in [0.05, 0.1) is 12.0 Å². The maximum atomic E-state index is 12.7. The average Bonchev–Trinajstić information content (AvgIpc) is 2.89. The van der Waals surface area contributed by atoms with Crippen LogP contribution < -0.4 is 4.74 Å². The Hall–Kier alpha value is -4.52. The van der Waals surface area contributed by atoms with E-state index in [9.17, 15) is 29.1 Å². The van der Waals surface area contributed by atoms with E-state index in [4.69, 9.17) is 28.4 Å². The minimum Gasteiger partial charge on any atom is -0.507 e. The van der Waals surface area contributed by atoms with Gasteiger partial charge in [0.25, 0.3) is 0 Å². The van der Waals surface area contributed by atoms with Crippen LogP contribution in [0.5, 0.6) is 11.5 Å². The summed E-state index contributed by atoms with van der Waals surface area (Å²) in [7, 11) is 0. The van der Waals surface area contributed by atoms with Crippen molar-refractivity contribution in [1.82, 2.24) is 4.98 Å². The van der Waals surface area contributed by atoms with Crippen molar-refractivity contribution in [1.29, 1.82) is 0 Å². The number of benzene rings is 1. The summed E-state index contributed by atoms with van der Waals surface area (Å²) < 4.78 is 32.9. The SMILES string of the molecule is CC(=O)OC[C@@H]1O[C@@H](COc2ccc(C(=O)Cc3ccccn3)c(O)c2)[C@H](OC(C)=O)[C@@H](OC(C)=O)[C@@H]1OC(C)=O. The molecular formula is C28H31NO12. The van der Waals surface area contributed by atoms with Crippen molar-refractivity contribution >= 4 is 29.7 Å². The van der Waals surface area contributed by atoms with Crippen molar-refractivity contribution in [2.24, 2.45) is 0 Å². The highest BCUT2D eigenvalue weighted by Gasteiger charge is 2.52. The number of aromatic nitrogens is 1. The summed E-state index contributed by atoms with van der Waals surface area (Å²) in [4.78, 5) is 64.0. The summed E-state index contributed by atoms with van der Waals surface area (Å²) in [5, 5.41) is 10.5. The van der Waals surface area contributed by atoms with Gasteiger partial charge < -0.3 is 33.5 Å². The third-order valence-electron chi connectivity index (χ3n) is 5.84. The Kier molecular flexibility index (Phi) is 10.8. The average molecular weight is 574 g/mol. The molecule has 2 heterocycles. The largest absolute Gasteiger partial charge is 0.507 e. The molecule has 13 heteroatoms. The first kappa shape index (κ1) is 31.0. The Morgan fingerprint density at radius 3 is 1.95 bits per heavy atom. The number of carbonyl (C=O) groups is 5. The van der Waals surface area contributed by atoms with Gasteiger partial charge in [0.1, 0.15) is 36.9 Å². The lowest BCUT2D eigenvalue weighted by molar-refractivity contribution is -0.255. The van der Waals surface area contributed by atoms with E-state index in [1.165, 1.54) is 25.1 Å². The number of phenols is 1. The molecule has 3 rings (SSSR count).